The van der Waals surface area contributed by atoms with Gasteiger partial charge in [-0.15, -0.1) is 0 Å². The van der Waals surface area contributed by atoms with E-state index in [0.29, 0.717) is 5.56 Å². The second kappa shape index (κ2) is 4.11. The average molecular weight is 270 g/mol. The molecular formula is C17H18O3. The van der Waals surface area contributed by atoms with E-state index in [2.05, 4.69) is 12.1 Å². The van der Waals surface area contributed by atoms with Crippen molar-refractivity contribution in [2.45, 2.75) is 51.6 Å². The molecule has 4 rings (SSSR count). The summed E-state index contributed by atoms with van der Waals surface area (Å²) in [4.78, 5) is 12.3. The number of rotatable bonds is 0. The lowest BCUT2D eigenvalue weighted by Crippen LogP contribution is -2.14. The Labute approximate surface area is 117 Å². The Morgan fingerprint density at radius 2 is 1.95 bits per heavy atom. The highest BCUT2D eigenvalue weighted by Gasteiger charge is 2.34. The van der Waals surface area contributed by atoms with Gasteiger partial charge in [-0.1, -0.05) is 13.0 Å². The molecule has 0 saturated carbocycles. The van der Waals surface area contributed by atoms with Gasteiger partial charge in [0, 0.05) is 5.92 Å². The highest BCUT2D eigenvalue weighted by atomic mass is 16.5. The van der Waals surface area contributed by atoms with Gasteiger partial charge in [-0.3, -0.25) is 0 Å². The van der Waals surface area contributed by atoms with Crippen LogP contribution in [0.2, 0.25) is 0 Å². The molecule has 0 amide bonds. The number of hydrogen-bond acceptors (Lipinski definition) is 3. The number of benzene rings is 1. The molecular weight excluding hydrogens is 252 g/mol. The molecule has 1 aliphatic heterocycles. The van der Waals surface area contributed by atoms with Crippen LogP contribution in [0.5, 0.6) is 5.75 Å². The normalized spacial score (nSPS) is 24.3. The van der Waals surface area contributed by atoms with Crippen molar-refractivity contribution in [3.63, 3.8) is 0 Å². The summed E-state index contributed by atoms with van der Waals surface area (Å²) in [5.74, 6) is 0.853. The smallest absolute Gasteiger partial charge is 0.343 e. The van der Waals surface area contributed by atoms with E-state index >= 15 is 0 Å². The Balaban J connectivity index is 2.08. The van der Waals surface area contributed by atoms with Gasteiger partial charge < -0.3 is 9.15 Å². The SMILES string of the molecule is C[C@@H]1c2c(c3ccc4c(c3oc2=O)CCCC4)O[C@@H]1C. The summed E-state index contributed by atoms with van der Waals surface area (Å²) in [5.41, 5.74) is 3.78. The minimum absolute atomic E-state index is 0.0366. The van der Waals surface area contributed by atoms with Gasteiger partial charge in [-0.05, 0) is 49.8 Å². The molecule has 20 heavy (non-hydrogen) atoms. The van der Waals surface area contributed by atoms with Crippen molar-refractivity contribution in [1.82, 2.24) is 0 Å². The van der Waals surface area contributed by atoms with Gasteiger partial charge in [0.2, 0.25) is 0 Å². The Morgan fingerprint density at radius 3 is 2.80 bits per heavy atom. The summed E-state index contributed by atoms with van der Waals surface area (Å²) < 4.78 is 11.6. The lowest BCUT2D eigenvalue weighted by molar-refractivity contribution is 0.234. The van der Waals surface area contributed by atoms with E-state index < -0.39 is 0 Å². The van der Waals surface area contributed by atoms with Gasteiger partial charge in [0.1, 0.15) is 17.4 Å². The minimum atomic E-state index is -0.219. The molecule has 1 aromatic carbocycles. The van der Waals surface area contributed by atoms with E-state index in [4.69, 9.17) is 9.15 Å². The van der Waals surface area contributed by atoms with Crippen molar-refractivity contribution >= 4 is 11.0 Å². The van der Waals surface area contributed by atoms with Crippen LogP contribution in [0.25, 0.3) is 11.0 Å². The molecule has 0 radical (unpaired) electrons. The van der Waals surface area contributed by atoms with Crippen molar-refractivity contribution in [3.05, 3.63) is 39.2 Å². The van der Waals surface area contributed by atoms with Gasteiger partial charge in [0.15, 0.2) is 0 Å². The zero-order valence-corrected chi connectivity index (χ0v) is 11.9. The van der Waals surface area contributed by atoms with Crippen LogP contribution >= 0.6 is 0 Å². The lowest BCUT2D eigenvalue weighted by atomic mass is 9.89. The molecule has 2 heterocycles. The summed E-state index contributed by atoms with van der Waals surface area (Å²) in [6.45, 7) is 4.03. The molecule has 0 saturated heterocycles. The van der Waals surface area contributed by atoms with Gasteiger partial charge in [0.25, 0.3) is 0 Å². The number of hydrogen-bond donors (Lipinski definition) is 0. The van der Waals surface area contributed by atoms with Crippen molar-refractivity contribution in [3.8, 4) is 5.75 Å². The van der Waals surface area contributed by atoms with Gasteiger partial charge in [0.05, 0.1) is 10.9 Å². The predicted octanol–water partition coefficient (Wildman–Crippen LogP) is 3.56. The largest absolute Gasteiger partial charge is 0.489 e. The van der Waals surface area contributed by atoms with Crippen molar-refractivity contribution < 1.29 is 9.15 Å². The second-order valence-corrected chi connectivity index (χ2v) is 6.03. The Hall–Kier alpha value is -1.77. The maximum atomic E-state index is 12.3. The zero-order chi connectivity index (χ0) is 13.9. The highest BCUT2D eigenvalue weighted by Crippen LogP contribution is 2.42. The van der Waals surface area contributed by atoms with E-state index in [0.717, 1.165) is 29.6 Å². The molecule has 104 valence electrons. The molecule has 3 heteroatoms. The molecule has 2 aromatic rings. The molecule has 0 fully saturated rings. The fraction of sp³-hybridized carbons (Fsp3) is 0.471. The monoisotopic (exact) mass is 270 g/mol. The molecule has 0 unspecified atom stereocenters. The van der Waals surface area contributed by atoms with E-state index in [1.165, 1.54) is 24.0 Å². The van der Waals surface area contributed by atoms with Crippen LogP contribution in [-0.4, -0.2) is 6.10 Å². The van der Waals surface area contributed by atoms with Crippen molar-refractivity contribution in [2.24, 2.45) is 0 Å². The third-order valence-corrected chi connectivity index (χ3v) is 4.85. The molecule has 0 bridgehead atoms. The third kappa shape index (κ3) is 1.49. The van der Waals surface area contributed by atoms with E-state index in [1.54, 1.807) is 0 Å². The maximum Gasteiger partial charge on any atom is 0.343 e. The lowest BCUT2D eigenvalue weighted by Gasteiger charge is -2.17. The second-order valence-electron chi connectivity index (χ2n) is 6.03. The van der Waals surface area contributed by atoms with Crippen LogP contribution in [0.3, 0.4) is 0 Å². The molecule has 2 atom stereocenters. The maximum absolute atomic E-state index is 12.3. The number of fused-ring (bicyclic) bond motifs is 5. The standard InChI is InChI=1S/C17H18O3/c1-9-10(2)19-16-13-8-7-11-5-3-4-6-12(11)15(13)20-17(18)14(9)16/h7-10H,3-6H2,1-2H3/t9-,10+/m0/s1. The van der Waals surface area contributed by atoms with Crippen LogP contribution in [0.15, 0.2) is 21.3 Å². The van der Waals surface area contributed by atoms with Crippen LogP contribution in [-0.2, 0) is 12.8 Å². The van der Waals surface area contributed by atoms with Gasteiger partial charge in [-0.25, -0.2) is 4.79 Å². The Bertz CT molecular complexity index is 757. The van der Waals surface area contributed by atoms with E-state index in [1.807, 2.05) is 13.8 Å². The fourth-order valence-electron chi connectivity index (χ4n) is 3.52. The van der Waals surface area contributed by atoms with Crippen molar-refractivity contribution in [1.29, 1.82) is 0 Å². The number of ether oxygens (including phenoxy) is 1. The van der Waals surface area contributed by atoms with Crippen LogP contribution in [0.1, 0.15) is 49.3 Å². The van der Waals surface area contributed by atoms with E-state index in [9.17, 15) is 4.79 Å². The minimum Gasteiger partial charge on any atom is -0.489 e. The summed E-state index contributed by atoms with van der Waals surface area (Å²) in [5, 5.41) is 0.969. The van der Waals surface area contributed by atoms with Crippen LogP contribution in [0.4, 0.5) is 0 Å². The first kappa shape index (κ1) is 12.0. The zero-order valence-electron chi connectivity index (χ0n) is 11.9. The molecule has 1 aromatic heterocycles. The fourth-order valence-corrected chi connectivity index (χ4v) is 3.52. The summed E-state index contributed by atoms with van der Waals surface area (Å²) in [6.07, 6.45) is 4.51. The van der Waals surface area contributed by atoms with Crippen molar-refractivity contribution in [2.75, 3.05) is 0 Å². The molecule has 2 aliphatic rings. The summed E-state index contributed by atoms with van der Waals surface area (Å²) >= 11 is 0. The van der Waals surface area contributed by atoms with Gasteiger partial charge >= 0.3 is 5.63 Å². The number of aryl methyl sites for hydroxylation is 2. The quantitative estimate of drug-likeness (QED) is 0.687. The van der Waals surface area contributed by atoms with E-state index in [-0.39, 0.29) is 17.6 Å². The first-order valence-electron chi connectivity index (χ1n) is 7.45. The third-order valence-electron chi connectivity index (χ3n) is 4.85. The molecule has 1 aliphatic carbocycles. The topological polar surface area (TPSA) is 39.4 Å². The van der Waals surface area contributed by atoms with Crippen LogP contribution in [0, 0.1) is 0 Å². The van der Waals surface area contributed by atoms with Crippen LogP contribution < -0.4 is 10.4 Å². The Morgan fingerprint density at radius 1 is 1.15 bits per heavy atom. The highest BCUT2D eigenvalue weighted by molar-refractivity contribution is 5.88. The first-order chi connectivity index (χ1) is 9.66. The summed E-state index contributed by atoms with van der Waals surface area (Å²) in [7, 11) is 0. The Kier molecular flexibility index (Phi) is 2.47. The summed E-state index contributed by atoms with van der Waals surface area (Å²) in [6, 6.07) is 4.24. The average Bonchev–Trinajstić information content (AvgIpc) is 2.76. The van der Waals surface area contributed by atoms with Gasteiger partial charge in [-0.2, -0.15) is 0 Å². The molecule has 0 N–H and O–H groups in total. The predicted molar refractivity (Wildman–Crippen MR) is 77.6 cm³/mol. The molecule has 3 nitrogen and oxygen atoms in total. The molecule has 0 spiro atoms. The first-order valence-corrected chi connectivity index (χ1v) is 7.45.